The molecular formula is C55H70N6O8S+2. The fourth-order valence-corrected chi connectivity index (χ4v) is 7.05. The fraction of sp³-hybridized carbons (Fsp3) is 0.345. The Hall–Kier alpha value is -6.17. The van der Waals surface area contributed by atoms with Crippen LogP contribution in [0.2, 0.25) is 0 Å². The third-order valence-corrected chi connectivity index (χ3v) is 11.1. The molecule has 15 heteroatoms. The molecule has 0 spiro atoms. The van der Waals surface area contributed by atoms with Gasteiger partial charge in [-0.15, -0.1) is 0 Å². The number of aryl methyl sites for hydroxylation is 1. The van der Waals surface area contributed by atoms with Crippen LogP contribution in [-0.2, 0) is 51.1 Å². The van der Waals surface area contributed by atoms with Crippen molar-refractivity contribution in [2.75, 3.05) is 72.7 Å². The Morgan fingerprint density at radius 1 is 0.386 bits per heavy atom. The van der Waals surface area contributed by atoms with Crippen molar-refractivity contribution in [1.29, 1.82) is 0 Å². The molecular weight excluding hydrogens is 905 g/mol. The van der Waals surface area contributed by atoms with E-state index in [1.807, 2.05) is 62.4 Å². The molecule has 7 aromatic rings. The second kappa shape index (κ2) is 35.0. The van der Waals surface area contributed by atoms with Crippen LogP contribution >= 0.6 is 0 Å². The van der Waals surface area contributed by atoms with Crippen molar-refractivity contribution in [1.82, 2.24) is 19.9 Å². The van der Waals surface area contributed by atoms with E-state index in [9.17, 15) is 8.42 Å². The maximum Gasteiger partial charge on any atom is 0.296 e. The maximum atomic E-state index is 11.5. The fourth-order valence-electron chi connectivity index (χ4n) is 6.06. The Kier molecular flexibility index (Phi) is 28.2. The van der Waals surface area contributed by atoms with Gasteiger partial charge in [0.2, 0.25) is 0 Å². The molecule has 0 saturated heterocycles. The van der Waals surface area contributed by atoms with E-state index in [0.717, 1.165) is 29.8 Å². The topological polar surface area (TPSA) is 149 Å². The average molecular weight is 975 g/mol. The number of nitrogens with zero attached hydrogens (tertiary/aromatic N) is 6. The minimum atomic E-state index is -3.54. The van der Waals surface area contributed by atoms with Crippen molar-refractivity contribution in [3.05, 3.63) is 177 Å². The molecule has 1 aromatic carbocycles. The predicted molar refractivity (Wildman–Crippen MR) is 272 cm³/mol. The van der Waals surface area contributed by atoms with E-state index in [2.05, 4.69) is 92.0 Å². The molecule has 6 aromatic heterocycles. The molecule has 7 rings (SSSR count). The Labute approximate surface area is 415 Å². The van der Waals surface area contributed by atoms with Crippen LogP contribution < -0.4 is 9.13 Å². The Morgan fingerprint density at radius 3 is 0.943 bits per heavy atom. The molecule has 0 atom stereocenters. The van der Waals surface area contributed by atoms with Crippen LogP contribution in [-0.4, -0.2) is 101 Å². The van der Waals surface area contributed by atoms with E-state index in [1.165, 1.54) is 28.7 Å². The van der Waals surface area contributed by atoms with Gasteiger partial charge in [-0.2, -0.15) is 8.42 Å². The second-order valence-corrected chi connectivity index (χ2v) is 17.1. The summed E-state index contributed by atoms with van der Waals surface area (Å²) >= 11 is 0. The minimum Gasteiger partial charge on any atom is -0.377 e. The molecule has 0 N–H and O–H groups in total. The lowest BCUT2D eigenvalue weighted by atomic mass is 10.1. The van der Waals surface area contributed by atoms with Gasteiger partial charge in [0.05, 0.1) is 64.4 Å². The third kappa shape index (κ3) is 23.4. The van der Waals surface area contributed by atoms with Crippen LogP contribution in [0, 0.1) is 6.92 Å². The molecule has 0 aliphatic heterocycles. The summed E-state index contributed by atoms with van der Waals surface area (Å²) in [6, 6.07) is 31.0. The van der Waals surface area contributed by atoms with Crippen molar-refractivity contribution >= 4 is 10.1 Å². The molecule has 0 aliphatic carbocycles. The molecule has 0 unspecified atom stereocenters. The normalized spacial score (nSPS) is 10.7. The number of hydrogen-bond donors (Lipinski definition) is 0. The first-order valence-corrected chi connectivity index (χ1v) is 25.2. The van der Waals surface area contributed by atoms with Crippen LogP contribution in [0.25, 0.3) is 33.4 Å². The molecule has 0 radical (unpaired) electrons. The van der Waals surface area contributed by atoms with Gasteiger partial charge in [0.25, 0.3) is 10.1 Å². The molecule has 14 nitrogen and oxygen atoms in total. The molecule has 6 heterocycles. The van der Waals surface area contributed by atoms with Gasteiger partial charge in [-0.05, 0) is 107 Å². The van der Waals surface area contributed by atoms with Gasteiger partial charge in [-0.25, -0.2) is 9.13 Å². The zero-order valence-corrected chi connectivity index (χ0v) is 41.9. The van der Waals surface area contributed by atoms with Crippen molar-refractivity contribution < 1.29 is 45.4 Å². The Morgan fingerprint density at radius 2 is 0.657 bits per heavy atom. The number of hydrogen-bond acceptors (Lipinski definition) is 12. The highest BCUT2D eigenvalue weighted by atomic mass is 32.2. The standard InChI is InChI=1S/C32H40N4O5.C10H8N2.C10H14O3S.C3H8/c1-9-33-10-2-29(1)31-5-13-35(14-6-31)17-19-37-21-23-39-25-27-41-28-26-40-24-22-38-20-18-36-15-7-32(8-16-36)30-3-11-34-12-4-30;1-5-11-6-2-9(1)10-3-7-12-8-4-10;1-3-8-13-14(11,12)10-6-4-9(2)5-7-10;1-3-2/h1-16H,17-28H2;1-8H;4-7H,3,8H2,1-2H3;3H2,1-2H3/q+2;;;. The van der Waals surface area contributed by atoms with Gasteiger partial charge in [0.15, 0.2) is 37.9 Å². The molecule has 372 valence electrons. The summed E-state index contributed by atoms with van der Waals surface area (Å²) in [4.78, 5) is 16.2. The first kappa shape index (κ1) is 56.4. The Bertz CT molecular complexity index is 2330. The molecule has 0 bridgehead atoms. The SMILES string of the molecule is CCC.CCCOS(=O)(=O)c1ccc(C)cc1.c1cc(-c2cc[n+](CCOCCOCCOCCOCCOCC[n+]3ccc(-c4ccncc4)cc3)cc2)ccn1.c1cc(-c2ccncc2)ccn1. The van der Waals surface area contributed by atoms with Crippen molar-refractivity contribution in [3.8, 4) is 33.4 Å². The molecule has 0 amide bonds. The quantitative estimate of drug-likeness (QED) is 0.0306. The van der Waals surface area contributed by atoms with E-state index in [-0.39, 0.29) is 11.5 Å². The lowest BCUT2D eigenvalue weighted by molar-refractivity contribution is -0.698. The van der Waals surface area contributed by atoms with E-state index in [1.54, 1.807) is 73.8 Å². The minimum absolute atomic E-state index is 0.219. The number of pyridine rings is 6. The van der Waals surface area contributed by atoms with Gasteiger partial charge in [-0.1, -0.05) is 44.9 Å². The second-order valence-electron chi connectivity index (χ2n) is 15.5. The summed E-state index contributed by atoms with van der Waals surface area (Å²) in [6.45, 7) is 15.5. The van der Waals surface area contributed by atoms with Crippen molar-refractivity contribution in [2.24, 2.45) is 0 Å². The average Bonchev–Trinajstić information content (AvgIpc) is 3.41. The van der Waals surface area contributed by atoms with E-state index in [4.69, 9.17) is 27.9 Å². The largest absolute Gasteiger partial charge is 0.377 e. The number of benzene rings is 1. The highest BCUT2D eigenvalue weighted by Gasteiger charge is 2.13. The van der Waals surface area contributed by atoms with Gasteiger partial charge < -0.3 is 23.7 Å². The molecule has 0 saturated carbocycles. The smallest absolute Gasteiger partial charge is 0.296 e. The highest BCUT2D eigenvalue weighted by Crippen LogP contribution is 2.18. The monoisotopic (exact) mass is 974 g/mol. The van der Waals surface area contributed by atoms with Crippen molar-refractivity contribution in [2.45, 2.75) is 58.5 Å². The number of ether oxygens (including phenoxy) is 5. The highest BCUT2D eigenvalue weighted by molar-refractivity contribution is 7.86. The summed E-state index contributed by atoms with van der Waals surface area (Å²) < 4.78 is 60.0. The van der Waals surface area contributed by atoms with Crippen LogP contribution in [0.15, 0.2) is 176 Å². The van der Waals surface area contributed by atoms with Gasteiger partial charge >= 0.3 is 0 Å². The number of rotatable bonds is 25. The summed E-state index contributed by atoms with van der Waals surface area (Å²) in [5.41, 5.74) is 8.04. The first-order valence-electron chi connectivity index (χ1n) is 23.8. The van der Waals surface area contributed by atoms with Crippen molar-refractivity contribution in [3.63, 3.8) is 0 Å². The van der Waals surface area contributed by atoms with Crippen LogP contribution in [0.5, 0.6) is 0 Å². The number of aromatic nitrogens is 6. The summed E-state index contributed by atoms with van der Waals surface area (Å²) in [5, 5.41) is 0. The van der Waals surface area contributed by atoms with Gasteiger partial charge in [0.1, 0.15) is 13.2 Å². The lowest BCUT2D eigenvalue weighted by Crippen LogP contribution is -2.35. The summed E-state index contributed by atoms with van der Waals surface area (Å²) in [6.07, 6.45) is 24.6. The molecule has 0 fully saturated rings. The molecule has 70 heavy (non-hydrogen) atoms. The van der Waals surface area contributed by atoms with E-state index in [0.29, 0.717) is 72.5 Å². The zero-order chi connectivity index (χ0) is 49.8. The summed E-state index contributed by atoms with van der Waals surface area (Å²) in [5.74, 6) is 0. The maximum absolute atomic E-state index is 11.5. The lowest BCUT2D eigenvalue weighted by Gasteiger charge is -2.07. The van der Waals surface area contributed by atoms with E-state index < -0.39 is 10.1 Å². The predicted octanol–water partition coefficient (Wildman–Crippen LogP) is 8.84. The third-order valence-electron chi connectivity index (χ3n) is 9.73. The van der Waals surface area contributed by atoms with Crippen LogP contribution in [0.3, 0.4) is 0 Å². The first-order chi connectivity index (χ1) is 34.3. The Balaban J connectivity index is 0.000000295. The summed E-state index contributed by atoms with van der Waals surface area (Å²) in [7, 11) is -3.54. The van der Waals surface area contributed by atoms with Gasteiger partial charge in [0, 0.05) is 73.8 Å². The molecule has 0 aliphatic rings. The van der Waals surface area contributed by atoms with E-state index >= 15 is 0 Å². The zero-order valence-electron chi connectivity index (χ0n) is 41.1. The van der Waals surface area contributed by atoms with Gasteiger partial charge in [-0.3, -0.25) is 24.1 Å². The van der Waals surface area contributed by atoms with Crippen LogP contribution in [0.4, 0.5) is 0 Å². The van der Waals surface area contributed by atoms with Crippen LogP contribution in [0.1, 0.15) is 39.2 Å².